The van der Waals surface area contributed by atoms with Crippen LogP contribution in [-0.4, -0.2) is 54.2 Å². The number of aromatic nitrogens is 2. The zero-order valence-electron chi connectivity index (χ0n) is 17.9. The molecule has 0 spiro atoms. The van der Waals surface area contributed by atoms with Gasteiger partial charge in [0, 0.05) is 30.3 Å². The summed E-state index contributed by atoms with van der Waals surface area (Å²) in [5.74, 6) is 0.792. The van der Waals surface area contributed by atoms with Crippen LogP contribution in [-0.2, 0) is 0 Å². The second-order valence-corrected chi connectivity index (χ2v) is 8.43. The minimum absolute atomic E-state index is 0.0450. The van der Waals surface area contributed by atoms with Gasteiger partial charge in [0.05, 0.1) is 14.2 Å². The molecular weight excluding hydrogens is 428 g/mol. The van der Waals surface area contributed by atoms with E-state index in [0.717, 1.165) is 17.8 Å². The predicted octanol–water partition coefficient (Wildman–Crippen LogP) is 3.83. The maximum absolute atomic E-state index is 13.1. The van der Waals surface area contributed by atoms with E-state index in [4.69, 9.17) is 9.47 Å². The van der Waals surface area contributed by atoms with Gasteiger partial charge in [-0.15, -0.1) is 10.2 Å². The van der Waals surface area contributed by atoms with Crippen molar-refractivity contribution < 1.29 is 19.1 Å². The van der Waals surface area contributed by atoms with E-state index < -0.39 is 0 Å². The summed E-state index contributed by atoms with van der Waals surface area (Å²) in [6, 6.07) is 14.4. The van der Waals surface area contributed by atoms with Crippen molar-refractivity contribution in [3.63, 3.8) is 0 Å². The quantitative estimate of drug-likeness (QED) is 0.611. The molecule has 2 aromatic carbocycles. The molecule has 0 bridgehead atoms. The number of para-hydroxylation sites is 1. The average Bonchev–Trinajstić information content (AvgIpc) is 3.34. The summed E-state index contributed by atoms with van der Waals surface area (Å²) in [6.45, 7) is 1.20. The van der Waals surface area contributed by atoms with Crippen molar-refractivity contribution in [1.29, 1.82) is 0 Å². The van der Waals surface area contributed by atoms with Crippen molar-refractivity contribution in [2.45, 2.75) is 18.8 Å². The number of likely N-dealkylation sites (tertiary alicyclic amines) is 1. The fourth-order valence-corrected chi connectivity index (χ4v) is 4.58. The first-order chi connectivity index (χ1) is 15.6. The smallest absolute Gasteiger partial charge is 0.286 e. The zero-order valence-corrected chi connectivity index (χ0v) is 18.7. The summed E-state index contributed by atoms with van der Waals surface area (Å²) in [5, 5.41) is 12.2. The minimum atomic E-state index is -0.283. The summed E-state index contributed by atoms with van der Waals surface area (Å²) in [6.07, 6.45) is 1.75. The van der Waals surface area contributed by atoms with Crippen LogP contribution in [0.25, 0.3) is 0 Å². The number of rotatable bonds is 6. The molecule has 32 heavy (non-hydrogen) atoms. The molecule has 1 N–H and O–H groups in total. The summed E-state index contributed by atoms with van der Waals surface area (Å²) >= 11 is 1.28. The topological polar surface area (TPSA) is 93.7 Å². The molecule has 1 unspecified atom stereocenters. The first-order valence-electron chi connectivity index (χ1n) is 10.3. The number of hydrogen-bond donors (Lipinski definition) is 1. The molecule has 3 aromatic rings. The third-order valence-electron chi connectivity index (χ3n) is 5.35. The van der Waals surface area contributed by atoms with Crippen molar-refractivity contribution in [2.24, 2.45) is 0 Å². The highest BCUT2D eigenvalue weighted by Crippen LogP contribution is 2.32. The number of nitrogens with zero attached hydrogens (tertiary/aromatic N) is 3. The molecule has 2 heterocycles. The Morgan fingerprint density at radius 3 is 2.59 bits per heavy atom. The fourth-order valence-electron chi connectivity index (χ4n) is 3.71. The van der Waals surface area contributed by atoms with Crippen LogP contribution in [0.1, 0.15) is 43.9 Å². The molecule has 1 saturated heterocycles. The van der Waals surface area contributed by atoms with Crippen molar-refractivity contribution >= 4 is 28.8 Å². The number of ether oxygens (including phenoxy) is 2. The lowest BCUT2D eigenvalue weighted by Gasteiger charge is -2.31. The number of carbonyl (C=O) groups excluding carboxylic acids is 2. The molecule has 0 aliphatic carbocycles. The highest BCUT2D eigenvalue weighted by molar-refractivity contribution is 7.13. The Labute approximate surface area is 190 Å². The number of benzene rings is 2. The van der Waals surface area contributed by atoms with Crippen molar-refractivity contribution in [3.8, 4) is 11.5 Å². The van der Waals surface area contributed by atoms with Crippen LogP contribution >= 0.6 is 11.3 Å². The standard InChI is InChI=1S/C23H24N4O4S/c1-30-18-11-10-15(13-19(18)31-2)23(29)27-12-6-7-16(14-27)21-25-26-22(32-21)20(28)24-17-8-4-3-5-9-17/h3-5,8-11,13,16H,6-7,12,14H2,1-2H3,(H,24,28). The van der Waals surface area contributed by atoms with E-state index in [9.17, 15) is 9.59 Å². The Bertz CT molecular complexity index is 1100. The van der Waals surface area contributed by atoms with Gasteiger partial charge in [0.25, 0.3) is 11.8 Å². The minimum Gasteiger partial charge on any atom is -0.493 e. The number of carbonyl (C=O) groups is 2. The molecule has 1 fully saturated rings. The molecule has 1 atom stereocenters. The van der Waals surface area contributed by atoms with Gasteiger partial charge in [-0.1, -0.05) is 29.5 Å². The van der Waals surface area contributed by atoms with Gasteiger partial charge in [-0.2, -0.15) is 0 Å². The van der Waals surface area contributed by atoms with Crippen molar-refractivity contribution in [3.05, 3.63) is 64.1 Å². The number of amides is 2. The van der Waals surface area contributed by atoms with Gasteiger partial charge in [0.2, 0.25) is 5.01 Å². The van der Waals surface area contributed by atoms with Gasteiger partial charge in [-0.25, -0.2) is 0 Å². The number of hydrogen-bond acceptors (Lipinski definition) is 7. The predicted molar refractivity (Wildman–Crippen MR) is 122 cm³/mol. The molecule has 166 valence electrons. The van der Waals surface area contributed by atoms with Crippen LogP contribution in [0.2, 0.25) is 0 Å². The van der Waals surface area contributed by atoms with Crippen LogP contribution in [0.5, 0.6) is 11.5 Å². The van der Waals surface area contributed by atoms with Crippen LogP contribution in [0.3, 0.4) is 0 Å². The van der Waals surface area contributed by atoms with Gasteiger partial charge in [-0.05, 0) is 43.2 Å². The van der Waals surface area contributed by atoms with Crippen molar-refractivity contribution in [1.82, 2.24) is 15.1 Å². The van der Waals surface area contributed by atoms with E-state index in [1.165, 1.54) is 11.3 Å². The monoisotopic (exact) mass is 452 g/mol. The van der Waals surface area contributed by atoms with Gasteiger partial charge in [0.1, 0.15) is 5.01 Å². The second kappa shape index (κ2) is 9.78. The van der Waals surface area contributed by atoms with Gasteiger partial charge in [0.15, 0.2) is 11.5 Å². The first kappa shape index (κ1) is 21.8. The zero-order chi connectivity index (χ0) is 22.5. The number of piperidine rings is 1. The summed E-state index contributed by atoms with van der Waals surface area (Å²) in [7, 11) is 3.11. The van der Waals surface area contributed by atoms with E-state index in [2.05, 4.69) is 15.5 Å². The summed E-state index contributed by atoms with van der Waals surface area (Å²) in [5.41, 5.74) is 1.25. The molecular formula is C23H24N4O4S. The maximum atomic E-state index is 13.1. The SMILES string of the molecule is COc1ccc(C(=O)N2CCCC(c3nnc(C(=O)Nc4ccccc4)s3)C2)cc1OC. The number of methoxy groups -OCH3 is 2. The molecule has 1 aliphatic heterocycles. The Hall–Kier alpha value is -3.46. The third-order valence-corrected chi connectivity index (χ3v) is 6.44. The lowest BCUT2D eigenvalue weighted by atomic mass is 9.98. The van der Waals surface area contributed by atoms with E-state index in [-0.39, 0.29) is 17.7 Å². The molecule has 9 heteroatoms. The molecule has 4 rings (SSSR count). The normalized spacial score (nSPS) is 15.8. The Morgan fingerprint density at radius 2 is 1.84 bits per heavy atom. The summed E-state index contributed by atoms with van der Waals surface area (Å²) in [4.78, 5) is 27.4. The van der Waals surface area contributed by atoms with Gasteiger partial charge < -0.3 is 19.7 Å². The van der Waals surface area contributed by atoms with Crippen LogP contribution in [0.15, 0.2) is 48.5 Å². The van der Waals surface area contributed by atoms with E-state index >= 15 is 0 Å². The molecule has 8 nitrogen and oxygen atoms in total. The van der Waals surface area contributed by atoms with E-state index in [0.29, 0.717) is 40.8 Å². The van der Waals surface area contributed by atoms with Crippen LogP contribution in [0.4, 0.5) is 5.69 Å². The van der Waals surface area contributed by atoms with Crippen LogP contribution in [0, 0.1) is 0 Å². The van der Waals surface area contributed by atoms with E-state index in [1.807, 2.05) is 35.2 Å². The lowest BCUT2D eigenvalue weighted by Crippen LogP contribution is -2.39. The Morgan fingerprint density at radius 1 is 1.06 bits per heavy atom. The first-order valence-corrected chi connectivity index (χ1v) is 11.1. The highest BCUT2D eigenvalue weighted by Gasteiger charge is 2.29. The van der Waals surface area contributed by atoms with Gasteiger partial charge in [-0.3, -0.25) is 9.59 Å². The number of nitrogens with one attached hydrogen (secondary N) is 1. The molecule has 0 saturated carbocycles. The van der Waals surface area contributed by atoms with Gasteiger partial charge >= 0.3 is 0 Å². The second-order valence-electron chi connectivity index (χ2n) is 7.43. The molecule has 0 radical (unpaired) electrons. The molecule has 2 amide bonds. The maximum Gasteiger partial charge on any atom is 0.286 e. The highest BCUT2D eigenvalue weighted by atomic mass is 32.1. The molecule has 1 aromatic heterocycles. The Balaban J connectivity index is 1.44. The largest absolute Gasteiger partial charge is 0.493 e. The van der Waals surface area contributed by atoms with Crippen LogP contribution < -0.4 is 14.8 Å². The fraction of sp³-hybridized carbons (Fsp3) is 0.304. The average molecular weight is 453 g/mol. The van der Waals surface area contributed by atoms with Crippen molar-refractivity contribution in [2.75, 3.05) is 32.6 Å². The third kappa shape index (κ3) is 4.72. The Kier molecular flexibility index (Phi) is 6.65. The molecule has 1 aliphatic rings. The van der Waals surface area contributed by atoms with E-state index in [1.54, 1.807) is 32.4 Å². The number of anilines is 1. The summed E-state index contributed by atoms with van der Waals surface area (Å²) < 4.78 is 10.6. The lowest BCUT2D eigenvalue weighted by molar-refractivity contribution is 0.0706.